The maximum absolute atomic E-state index is 12.3. The molecule has 2 aliphatic rings. The van der Waals surface area contributed by atoms with Gasteiger partial charge in [0.15, 0.2) is 5.82 Å². The Morgan fingerprint density at radius 3 is 2.82 bits per heavy atom. The molecule has 1 N–H and O–H groups in total. The van der Waals surface area contributed by atoms with E-state index in [2.05, 4.69) is 25.2 Å². The van der Waals surface area contributed by atoms with E-state index in [0.29, 0.717) is 42.0 Å². The molecule has 3 aromatic heterocycles. The Morgan fingerprint density at radius 2 is 2.00 bits per heavy atom. The fraction of sp³-hybridized carbons (Fsp3) is 0.348. The second-order valence-electron chi connectivity index (χ2n) is 8.26. The van der Waals surface area contributed by atoms with Crippen molar-refractivity contribution in [1.29, 1.82) is 0 Å². The lowest BCUT2D eigenvalue weighted by Gasteiger charge is -2.34. The fourth-order valence-electron chi connectivity index (χ4n) is 4.45. The lowest BCUT2D eigenvalue weighted by molar-refractivity contribution is -0.117. The van der Waals surface area contributed by atoms with Gasteiger partial charge in [-0.3, -0.25) is 14.6 Å². The summed E-state index contributed by atoms with van der Waals surface area (Å²) in [5, 5.41) is 3.63. The average molecular weight is 466 g/mol. The van der Waals surface area contributed by atoms with Crippen molar-refractivity contribution in [3.8, 4) is 0 Å². The van der Waals surface area contributed by atoms with Gasteiger partial charge < -0.3 is 19.7 Å². The minimum absolute atomic E-state index is 0.00986. The first kappa shape index (κ1) is 21.4. The highest BCUT2D eigenvalue weighted by Crippen LogP contribution is 2.31. The fourth-order valence-corrected chi connectivity index (χ4v) is 4.66. The van der Waals surface area contributed by atoms with Gasteiger partial charge in [0.25, 0.3) is 5.56 Å². The number of nitrogens with one attached hydrogen (secondary N) is 1. The van der Waals surface area contributed by atoms with Crippen LogP contribution in [-0.4, -0.2) is 45.1 Å². The lowest BCUT2D eigenvalue weighted by atomic mass is 10.1. The number of pyridine rings is 2. The number of amides is 1. The maximum Gasteiger partial charge on any atom is 0.250 e. The van der Waals surface area contributed by atoms with E-state index in [1.807, 2.05) is 18.3 Å². The largest absolute Gasteiger partial charge is 0.353 e. The maximum atomic E-state index is 12.3. The van der Waals surface area contributed by atoms with E-state index in [1.54, 1.807) is 40.2 Å². The number of halogens is 1. The summed E-state index contributed by atoms with van der Waals surface area (Å²) in [6.45, 7) is 2.13. The molecule has 1 amide bonds. The summed E-state index contributed by atoms with van der Waals surface area (Å²) in [5.74, 6) is 1.12. The van der Waals surface area contributed by atoms with E-state index >= 15 is 0 Å². The van der Waals surface area contributed by atoms with Crippen LogP contribution in [0, 0.1) is 0 Å². The van der Waals surface area contributed by atoms with Gasteiger partial charge in [-0.2, -0.15) is 4.98 Å². The molecule has 3 aromatic rings. The van der Waals surface area contributed by atoms with Gasteiger partial charge >= 0.3 is 0 Å². The molecule has 2 aliphatic heterocycles. The second-order valence-corrected chi connectivity index (χ2v) is 8.67. The number of carbonyl (C=O) groups is 1. The number of nitrogens with zero attached hydrogens (tertiary/aromatic N) is 6. The van der Waals surface area contributed by atoms with Crippen LogP contribution in [0.1, 0.15) is 31.7 Å². The monoisotopic (exact) mass is 465 g/mol. The standard InChI is InChI=1S/C23H24ClN7O2/c24-19-14-26-23(27-16-11-18(13-25-12-16)31-10-4-7-21(31)33)28-22(19)29-8-3-5-17(15-29)30-9-2-1-6-20(30)32/h1-2,6,9,11-14,17H,3-5,7-8,10,15H2,(H,26,27,28). The molecular formula is C23H24ClN7O2. The van der Waals surface area contributed by atoms with Crippen molar-refractivity contribution in [2.75, 3.05) is 34.8 Å². The summed E-state index contributed by atoms with van der Waals surface area (Å²) in [4.78, 5) is 41.4. The highest BCUT2D eigenvalue weighted by molar-refractivity contribution is 6.32. The van der Waals surface area contributed by atoms with Crippen molar-refractivity contribution in [1.82, 2.24) is 19.5 Å². The van der Waals surface area contributed by atoms with Crippen molar-refractivity contribution in [3.63, 3.8) is 0 Å². The molecule has 2 fully saturated rings. The Balaban J connectivity index is 1.36. The van der Waals surface area contributed by atoms with Crippen LogP contribution in [0.3, 0.4) is 0 Å². The lowest BCUT2D eigenvalue weighted by Crippen LogP contribution is -2.40. The van der Waals surface area contributed by atoms with Gasteiger partial charge in [0.1, 0.15) is 5.02 Å². The molecular weight excluding hydrogens is 442 g/mol. The van der Waals surface area contributed by atoms with E-state index in [4.69, 9.17) is 11.6 Å². The first-order valence-electron chi connectivity index (χ1n) is 11.1. The summed E-state index contributed by atoms with van der Waals surface area (Å²) < 4.78 is 1.78. The first-order chi connectivity index (χ1) is 16.1. The number of hydrogen-bond acceptors (Lipinski definition) is 7. The van der Waals surface area contributed by atoms with E-state index in [9.17, 15) is 9.59 Å². The Hall–Kier alpha value is -3.46. The number of aromatic nitrogens is 4. The van der Waals surface area contributed by atoms with Gasteiger partial charge in [0, 0.05) is 38.3 Å². The van der Waals surface area contributed by atoms with Crippen molar-refractivity contribution in [2.45, 2.75) is 31.7 Å². The number of rotatable bonds is 5. The summed E-state index contributed by atoms with van der Waals surface area (Å²) in [5.41, 5.74) is 1.43. The van der Waals surface area contributed by atoms with Crippen LogP contribution in [0.2, 0.25) is 5.02 Å². The van der Waals surface area contributed by atoms with Crippen molar-refractivity contribution in [3.05, 3.63) is 64.4 Å². The molecule has 0 aromatic carbocycles. The van der Waals surface area contributed by atoms with Crippen LogP contribution in [0.5, 0.6) is 0 Å². The highest BCUT2D eigenvalue weighted by atomic mass is 35.5. The van der Waals surface area contributed by atoms with Gasteiger partial charge in [-0.05, 0) is 31.4 Å². The molecule has 2 saturated heterocycles. The summed E-state index contributed by atoms with van der Waals surface area (Å²) in [7, 11) is 0. The van der Waals surface area contributed by atoms with E-state index < -0.39 is 0 Å². The molecule has 10 heteroatoms. The molecule has 33 heavy (non-hydrogen) atoms. The molecule has 0 saturated carbocycles. The Morgan fingerprint density at radius 1 is 1.09 bits per heavy atom. The van der Waals surface area contributed by atoms with Crippen molar-refractivity contribution in [2.24, 2.45) is 0 Å². The van der Waals surface area contributed by atoms with Crippen molar-refractivity contribution >= 4 is 40.6 Å². The van der Waals surface area contributed by atoms with Crippen LogP contribution in [-0.2, 0) is 4.79 Å². The topological polar surface area (TPSA) is 96.3 Å². The predicted octanol–water partition coefficient (Wildman–Crippen LogP) is 3.40. The number of piperidine rings is 1. The van der Waals surface area contributed by atoms with Crippen LogP contribution in [0.15, 0.2) is 53.8 Å². The van der Waals surface area contributed by atoms with Gasteiger partial charge in [-0.25, -0.2) is 4.98 Å². The van der Waals surface area contributed by atoms with Gasteiger partial charge in [-0.1, -0.05) is 17.7 Å². The molecule has 0 bridgehead atoms. The Labute approximate surface area is 196 Å². The SMILES string of the molecule is O=C1CCCN1c1cncc(Nc2ncc(Cl)c(N3CCCC(n4ccccc4=O)C3)n2)c1. The Kier molecular flexibility index (Phi) is 5.95. The molecule has 0 radical (unpaired) electrons. The third-order valence-corrected chi connectivity index (χ3v) is 6.30. The predicted molar refractivity (Wildman–Crippen MR) is 127 cm³/mol. The molecule has 1 unspecified atom stereocenters. The zero-order chi connectivity index (χ0) is 22.8. The summed E-state index contributed by atoms with van der Waals surface area (Å²) in [6, 6.07) is 7.12. The minimum atomic E-state index is -0.00986. The van der Waals surface area contributed by atoms with Gasteiger partial charge in [0.2, 0.25) is 11.9 Å². The third kappa shape index (κ3) is 4.54. The Bertz CT molecular complexity index is 1230. The zero-order valence-corrected chi connectivity index (χ0v) is 18.8. The second kappa shape index (κ2) is 9.19. The summed E-state index contributed by atoms with van der Waals surface area (Å²) in [6.07, 6.45) is 10.0. The number of carbonyl (C=O) groups excluding carboxylic acids is 1. The third-order valence-electron chi connectivity index (χ3n) is 6.03. The average Bonchev–Trinajstić information content (AvgIpc) is 3.27. The minimum Gasteiger partial charge on any atom is -0.353 e. The smallest absolute Gasteiger partial charge is 0.250 e. The normalized spacial score (nSPS) is 18.6. The van der Waals surface area contributed by atoms with E-state index in [0.717, 1.165) is 31.5 Å². The first-order valence-corrected chi connectivity index (χ1v) is 11.4. The molecule has 9 nitrogen and oxygen atoms in total. The van der Waals surface area contributed by atoms with Gasteiger partial charge in [0.05, 0.1) is 36.0 Å². The summed E-state index contributed by atoms with van der Waals surface area (Å²) >= 11 is 6.47. The number of anilines is 4. The number of hydrogen-bond donors (Lipinski definition) is 1. The van der Waals surface area contributed by atoms with E-state index in [1.165, 1.54) is 0 Å². The van der Waals surface area contributed by atoms with Crippen molar-refractivity contribution < 1.29 is 4.79 Å². The molecule has 170 valence electrons. The highest BCUT2D eigenvalue weighted by Gasteiger charge is 2.25. The molecule has 5 rings (SSSR count). The van der Waals surface area contributed by atoms with Crippen LogP contribution in [0.25, 0.3) is 0 Å². The molecule has 0 aliphatic carbocycles. The van der Waals surface area contributed by atoms with Gasteiger partial charge in [-0.15, -0.1) is 0 Å². The molecule has 5 heterocycles. The zero-order valence-electron chi connectivity index (χ0n) is 18.0. The molecule has 1 atom stereocenters. The van der Waals surface area contributed by atoms with Crippen LogP contribution >= 0.6 is 11.6 Å². The molecule has 0 spiro atoms. The van der Waals surface area contributed by atoms with E-state index in [-0.39, 0.29) is 17.5 Å². The van der Waals surface area contributed by atoms with Crippen LogP contribution in [0.4, 0.5) is 23.1 Å². The van der Waals surface area contributed by atoms with Crippen LogP contribution < -0.4 is 20.7 Å². The quantitative estimate of drug-likeness (QED) is 0.616.